The fourth-order valence-corrected chi connectivity index (χ4v) is 4.40. The van der Waals surface area contributed by atoms with Crippen LogP contribution in [0.15, 0.2) is 32.2 Å². The van der Waals surface area contributed by atoms with Gasteiger partial charge in [-0.3, -0.25) is 0 Å². The average molecular weight is 388 g/mol. The maximum atomic E-state index is 12.5. The van der Waals surface area contributed by atoms with Gasteiger partial charge in [-0.05, 0) is 41.9 Å². The van der Waals surface area contributed by atoms with Crippen LogP contribution in [0.5, 0.6) is 5.88 Å². The Morgan fingerprint density at radius 3 is 2.73 bits per heavy atom. The van der Waals surface area contributed by atoms with Gasteiger partial charge in [0.2, 0.25) is 15.9 Å². The Kier molecular flexibility index (Phi) is 3.96. The first-order chi connectivity index (χ1) is 10.4. The van der Waals surface area contributed by atoms with Crippen molar-refractivity contribution in [3.63, 3.8) is 0 Å². The summed E-state index contributed by atoms with van der Waals surface area (Å²) in [5, 5.41) is 3.69. The summed E-state index contributed by atoms with van der Waals surface area (Å²) in [6.45, 7) is 3.75. The highest BCUT2D eigenvalue weighted by Gasteiger charge is 2.41. The number of hydrogen-bond donors (Lipinski definition) is 0. The van der Waals surface area contributed by atoms with Crippen LogP contribution in [-0.2, 0) is 10.0 Å². The summed E-state index contributed by atoms with van der Waals surface area (Å²) < 4.78 is 37.8. The van der Waals surface area contributed by atoms with Gasteiger partial charge < -0.3 is 9.26 Å². The molecule has 3 heterocycles. The molecule has 1 fully saturated rings. The Bertz CT molecular complexity index is 780. The van der Waals surface area contributed by atoms with Crippen molar-refractivity contribution >= 4 is 26.0 Å². The number of ether oxygens (including phenoxy) is 1. The molecule has 0 aliphatic carbocycles. The van der Waals surface area contributed by atoms with Crippen molar-refractivity contribution in [2.45, 2.75) is 24.8 Å². The largest absolute Gasteiger partial charge is 0.471 e. The van der Waals surface area contributed by atoms with E-state index in [9.17, 15) is 8.42 Å². The Hall–Kier alpha value is -1.45. The molecule has 1 saturated heterocycles. The molecule has 2 aromatic heterocycles. The van der Waals surface area contributed by atoms with E-state index in [0.29, 0.717) is 17.3 Å². The molecule has 0 unspecified atom stereocenters. The van der Waals surface area contributed by atoms with E-state index in [4.69, 9.17) is 9.26 Å². The predicted molar refractivity (Wildman–Crippen MR) is 81.1 cm³/mol. The SMILES string of the molecule is Cc1noc(C)c1S(=O)(=O)N1CC(Oc2ncccc2Br)C1. The summed E-state index contributed by atoms with van der Waals surface area (Å²) in [5.74, 6) is 0.760. The van der Waals surface area contributed by atoms with Crippen LogP contribution >= 0.6 is 15.9 Å². The van der Waals surface area contributed by atoms with E-state index in [1.807, 2.05) is 6.07 Å². The molecule has 0 atom stereocenters. The van der Waals surface area contributed by atoms with Crippen molar-refractivity contribution < 1.29 is 17.7 Å². The number of aryl methyl sites for hydroxylation is 2. The van der Waals surface area contributed by atoms with E-state index in [1.165, 1.54) is 4.31 Å². The van der Waals surface area contributed by atoms with Crippen LogP contribution in [0, 0.1) is 13.8 Å². The quantitative estimate of drug-likeness (QED) is 0.796. The lowest BCUT2D eigenvalue weighted by Crippen LogP contribution is -2.56. The molecule has 3 rings (SSSR count). The smallest absolute Gasteiger partial charge is 0.248 e. The van der Waals surface area contributed by atoms with Crippen molar-refractivity contribution in [2.24, 2.45) is 0 Å². The van der Waals surface area contributed by atoms with Gasteiger partial charge in [0.1, 0.15) is 16.7 Å². The predicted octanol–water partition coefficient (Wildman–Crippen LogP) is 1.90. The Labute approximate surface area is 136 Å². The standard InChI is InChI=1S/C13H14BrN3O4S/c1-8-12(9(2)21-16-8)22(18,19)17-6-10(7-17)20-13-11(14)4-3-5-15-13/h3-5,10H,6-7H2,1-2H3. The average Bonchev–Trinajstić information content (AvgIpc) is 2.75. The highest BCUT2D eigenvalue weighted by atomic mass is 79.9. The van der Waals surface area contributed by atoms with E-state index in [0.717, 1.165) is 4.47 Å². The Morgan fingerprint density at radius 1 is 1.41 bits per heavy atom. The number of hydrogen-bond acceptors (Lipinski definition) is 6. The summed E-state index contributed by atoms with van der Waals surface area (Å²) in [7, 11) is -3.59. The van der Waals surface area contributed by atoms with E-state index in [-0.39, 0.29) is 24.1 Å². The molecule has 22 heavy (non-hydrogen) atoms. The third kappa shape index (κ3) is 2.64. The molecule has 0 N–H and O–H groups in total. The third-order valence-corrected chi connectivity index (χ3v) is 6.06. The lowest BCUT2D eigenvalue weighted by molar-refractivity contribution is 0.0712. The van der Waals surface area contributed by atoms with Crippen LogP contribution in [0.4, 0.5) is 0 Å². The van der Waals surface area contributed by atoms with E-state index in [2.05, 4.69) is 26.1 Å². The highest BCUT2D eigenvalue weighted by Crippen LogP contribution is 2.29. The molecule has 0 saturated carbocycles. The molecule has 118 valence electrons. The minimum absolute atomic E-state index is 0.143. The van der Waals surface area contributed by atoms with Gasteiger partial charge in [-0.1, -0.05) is 5.16 Å². The van der Waals surface area contributed by atoms with Crippen LogP contribution in [0.1, 0.15) is 11.5 Å². The number of nitrogens with zero attached hydrogens (tertiary/aromatic N) is 3. The summed E-state index contributed by atoms with van der Waals surface area (Å²) in [4.78, 5) is 4.25. The molecule has 0 radical (unpaired) electrons. The second-order valence-electron chi connectivity index (χ2n) is 5.01. The molecule has 1 aliphatic rings. The fraction of sp³-hybridized carbons (Fsp3) is 0.385. The van der Waals surface area contributed by atoms with Crippen molar-refractivity contribution in [3.8, 4) is 5.88 Å². The molecule has 0 bridgehead atoms. The number of aromatic nitrogens is 2. The molecular weight excluding hydrogens is 374 g/mol. The fourth-order valence-electron chi connectivity index (χ4n) is 2.26. The normalized spacial score (nSPS) is 16.5. The maximum Gasteiger partial charge on any atom is 0.248 e. The molecule has 1 aliphatic heterocycles. The van der Waals surface area contributed by atoms with Gasteiger partial charge in [0.05, 0.1) is 17.6 Å². The van der Waals surface area contributed by atoms with Crippen molar-refractivity contribution in [1.82, 2.24) is 14.4 Å². The molecule has 2 aromatic rings. The summed E-state index contributed by atoms with van der Waals surface area (Å²) in [5.41, 5.74) is 0.370. The van der Waals surface area contributed by atoms with Crippen LogP contribution in [0.2, 0.25) is 0 Å². The highest BCUT2D eigenvalue weighted by molar-refractivity contribution is 9.10. The van der Waals surface area contributed by atoms with E-state index in [1.54, 1.807) is 26.1 Å². The Balaban J connectivity index is 1.70. The zero-order valence-corrected chi connectivity index (χ0v) is 14.4. The minimum atomic E-state index is -3.59. The van der Waals surface area contributed by atoms with E-state index >= 15 is 0 Å². The van der Waals surface area contributed by atoms with Crippen LogP contribution in [0.25, 0.3) is 0 Å². The second kappa shape index (κ2) is 5.64. The van der Waals surface area contributed by atoms with Gasteiger partial charge in [-0.15, -0.1) is 0 Å². The molecule has 0 spiro atoms. The second-order valence-corrected chi connectivity index (χ2v) is 7.73. The Morgan fingerprint density at radius 2 is 2.14 bits per heavy atom. The lowest BCUT2D eigenvalue weighted by atomic mass is 10.2. The topological polar surface area (TPSA) is 85.5 Å². The van der Waals surface area contributed by atoms with Crippen molar-refractivity contribution in [2.75, 3.05) is 13.1 Å². The van der Waals surface area contributed by atoms with Gasteiger partial charge in [0, 0.05) is 6.20 Å². The van der Waals surface area contributed by atoms with Crippen LogP contribution in [0.3, 0.4) is 0 Å². The monoisotopic (exact) mass is 387 g/mol. The zero-order valence-electron chi connectivity index (χ0n) is 12.0. The first-order valence-electron chi connectivity index (χ1n) is 6.60. The maximum absolute atomic E-state index is 12.5. The van der Waals surface area contributed by atoms with Gasteiger partial charge in [0.15, 0.2) is 5.76 Å². The first kappa shape index (κ1) is 15.4. The van der Waals surface area contributed by atoms with Gasteiger partial charge >= 0.3 is 0 Å². The molecule has 0 aromatic carbocycles. The van der Waals surface area contributed by atoms with Crippen molar-refractivity contribution in [1.29, 1.82) is 0 Å². The summed E-state index contributed by atoms with van der Waals surface area (Å²) in [6, 6.07) is 3.60. The molecule has 9 heteroatoms. The molecular formula is C13H14BrN3O4S. The number of sulfonamides is 1. The van der Waals surface area contributed by atoms with Gasteiger partial charge in [-0.25, -0.2) is 13.4 Å². The van der Waals surface area contributed by atoms with Gasteiger partial charge in [-0.2, -0.15) is 4.31 Å². The van der Waals surface area contributed by atoms with Crippen LogP contribution in [-0.4, -0.2) is 42.1 Å². The third-order valence-electron chi connectivity index (χ3n) is 3.38. The van der Waals surface area contributed by atoms with Gasteiger partial charge in [0.25, 0.3) is 0 Å². The number of rotatable bonds is 4. The minimum Gasteiger partial charge on any atom is -0.471 e. The van der Waals surface area contributed by atoms with Crippen LogP contribution < -0.4 is 4.74 Å². The van der Waals surface area contributed by atoms with Crippen molar-refractivity contribution in [3.05, 3.63) is 34.3 Å². The van der Waals surface area contributed by atoms with E-state index < -0.39 is 10.0 Å². The molecule has 7 nitrogen and oxygen atoms in total. The molecule has 0 amide bonds. The lowest BCUT2D eigenvalue weighted by Gasteiger charge is -2.37. The first-order valence-corrected chi connectivity index (χ1v) is 8.83. The summed E-state index contributed by atoms with van der Waals surface area (Å²) >= 11 is 3.34. The number of pyridine rings is 1. The number of halogens is 1. The zero-order chi connectivity index (χ0) is 15.9. The summed E-state index contributed by atoms with van der Waals surface area (Å²) in [6.07, 6.45) is 1.40.